The van der Waals surface area contributed by atoms with E-state index in [-0.39, 0.29) is 0 Å². The molecular weight excluding hydrogens is 284 g/mol. The molecule has 3 N–H and O–H groups in total. The summed E-state index contributed by atoms with van der Waals surface area (Å²) < 4.78 is 2.52. The smallest absolute Gasteiger partial charge is 0.146 e. The van der Waals surface area contributed by atoms with Gasteiger partial charge in [-0.15, -0.1) is 0 Å². The molecule has 0 unspecified atom stereocenters. The number of aromatic nitrogens is 4. The highest BCUT2D eigenvalue weighted by Crippen LogP contribution is 2.24. The molecule has 0 aliphatic rings. The fraction of sp³-hybridized carbons (Fsp3) is 0.300. The molecule has 2 heterocycles. The highest BCUT2D eigenvalue weighted by Gasteiger charge is 2.07. The van der Waals surface area contributed by atoms with Crippen LogP contribution in [0.25, 0.3) is 0 Å². The lowest BCUT2D eigenvalue weighted by molar-refractivity contribution is 0.738. The third kappa shape index (κ3) is 2.38. The number of aryl methyl sites for hydroxylation is 1. The third-order valence-electron chi connectivity index (χ3n) is 2.60. The maximum Gasteiger partial charge on any atom is 0.146 e. The Bertz CT molecular complexity index is 536. The van der Waals surface area contributed by atoms with Gasteiger partial charge in [0, 0.05) is 24.8 Å². The molecular formula is C10H13BrN6. The zero-order valence-electron chi connectivity index (χ0n) is 9.61. The minimum absolute atomic E-state index is 0.422. The topological polar surface area (TPSA) is 81.7 Å². The minimum atomic E-state index is 0.422. The first-order valence-corrected chi connectivity index (χ1v) is 5.86. The van der Waals surface area contributed by atoms with Gasteiger partial charge in [0.25, 0.3) is 0 Å². The monoisotopic (exact) mass is 296 g/mol. The van der Waals surface area contributed by atoms with Crippen LogP contribution in [0.1, 0.15) is 11.3 Å². The third-order valence-corrected chi connectivity index (χ3v) is 3.38. The van der Waals surface area contributed by atoms with Crippen molar-refractivity contribution < 1.29 is 0 Å². The largest absolute Gasteiger partial charge is 0.383 e. The zero-order valence-corrected chi connectivity index (χ0v) is 11.2. The molecule has 0 saturated carbocycles. The van der Waals surface area contributed by atoms with Crippen molar-refractivity contribution in [1.82, 2.24) is 19.7 Å². The molecule has 2 aromatic heterocycles. The van der Waals surface area contributed by atoms with Crippen molar-refractivity contribution in [3.05, 3.63) is 28.3 Å². The second-order valence-electron chi connectivity index (χ2n) is 3.65. The van der Waals surface area contributed by atoms with Crippen LogP contribution in [-0.4, -0.2) is 19.7 Å². The van der Waals surface area contributed by atoms with Crippen LogP contribution >= 0.6 is 15.9 Å². The number of nitrogens with one attached hydrogen (secondary N) is 1. The van der Waals surface area contributed by atoms with Crippen molar-refractivity contribution in [2.45, 2.75) is 13.5 Å². The van der Waals surface area contributed by atoms with Crippen LogP contribution in [0.2, 0.25) is 0 Å². The Labute approximate surface area is 107 Å². The summed E-state index contributed by atoms with van der Waals surface area (Å²) in [5.41, 5.74) is 7.91. The van der Waals surface area contributed by atoms with Crippen molar-refractivity contribution in [1.29, 1.82) is 0 Å². The predicted octanol–water partition coefficient (Wildman–Crippen LogP) is 1.48. The Balaban J connectivity index is 2.13. The van der Waals surface area contributed by atoms with Crippen molar-refractivity contribution in [2.75, 3.05) is 11.1 Å². The molecule has 0 fully saturated rings. The van der Waals surface area contributed by atoms with Gasteiger partial charge >= 0.3 is 0 Å². The number of hydrogen-bond donors (Lipinski definition) is 2. The lowest BCUT2D eigenvalue weighted by Gasteiger charge is -2.07. The second kappa shape index (κ2) is 4.70. The van der Waals surface area contributed by atoms with Crippen molar-refractivity contribution in [2.24, 2.45) is 7.05 Å². The fourth-order valence-electron chi connectivity index (χ4n) is 1.40. The molecule has 0 aliphatic carbocycles. The average molecular weight is 297 g/mol. The normalized spacial score (nSPS) is 10.5. The van der Waals surface area contributed by atoms with E-state index in [1.54, 1.807) is 0 Å². The zero-order chi connectivity index (χ0) is 12.4. The standard InChI is InChI=1S/C10H13BrN6/c1-6-7(4-16-17(6)2)3-13-10-8(11)9(12)14-5-15-10/h4-5H,3H2,1-2H3,(H3,12,13,14,15). The fourth-order valence-corrected chi connectivity index (χ4v) is 1.75. The molecule has 0 aliphatic heterocycles. The van der Waals surface area contributed by atoms with E-state index in [2.05, 4.69) is 36.3 Å². The van der Waals surface area contributed by atoms with Gasteiger partial charge in [0.2, 0.25) is 0 Å². The van der Waals surface area contributed by atoms with E-state index < -0.39 is 0 Å². The van der Waals surface area contributed by atoms with Gasteiger partial charge in [-0.25, -0.2) is 9.97 Å². The summed E-state index contributed by atoms with van der Waals surface area (Å²) in [4.78, 5) is 7.99. The molecule has 2 aromatic rings. The summed E-state index contributed by atoms with van der Waals surface area (Å²) in [7, 11) is 1.91. The molecule has 90 valence electrons. The summed E-state index contributed by atoms with van der Waals surface area (Å²) in [6.07, 6.45) is 3.26. The Kier molecular flexibility index (Phi) is 3.28. The Hall–Kier alpha value is -1.63. The van der Waals surface area contributed by atoms with E-state index in [0.29, 0.717) is 22.7 Å². The van der Waals surface area contributed by atoms with E-state index in [9.17, 15) is 0 Å². The van der Waals surface area contributed by atoms with Crippen LogP contribution in [0.15, 0.2) is 17.0 Å². The minimum Gasteiger partial charge on any atom is -0.383 e. The van der Waals surface area contributed by atoms with Crippen LogP contribution in [0.3, 0.4) is 0 Å². The number of rotatable bonds is 3. The number of anilines is 2. The SMILES string of the molecule is Cc1c(CNc2ncnc(N)c2Br)cnn1C. The van der Waals surface area contributed by atoms with Crippen LogP contribution in [0.4, 0.5) is 11.6 Å². The highest BCUT2D eigenvalue weighted by atomic mass is 79.9. The Morgan fingerprint density at radius 3 is 2.88 bits per heavy atom. The highest BCUT2D eigenvalue weighted by molar-refractivity contribution is 9.10. The van der Waals surface area contributed by atoms with E-state index >= 15 is 0 Å². The predicted molar refractivity (Wildman–Crippen MR) is 69.4 cm³/mol. The molecule has 7 heteroatoms. The quantitative estimate of drug-likeness (QED) is 0.896. The van der Waals surface area contributed by atoms with Crippen molar-refractivity contribution in [3.63, 3.8) is 0 Å². The summed E-state index contributed by atoms with van der Waals surface area (Å²) in [6.45, 7) is 2.67. The number of nitrogens with zero attached hydrogens (tertiary/aromatic N) is 4. The van der Waals surface area contributed by atoms with Gasteiger partial charge in [0.1, 0.15) is 22.4 Å². The summed E-state index contributed by atoms with van der Waals surface area (Å²) in [6, 6.07) is 0. The maximum atomic E-state index is 5.67. The van der Waals surface area contributed by atoms with Gasteiger partial charge < -0.3 is 11.1 Å². The molecule has 0 atom stereocenters. The van der Waals surface area contributed by atoms with Gasteiger partial charge in [-0.2, -0.15) is 5.10 Å². The molecule has 2 rings (SSSR count). The first-order chi connectivity index (χ1) is 8.09. The number of nitrogens with two attached hydrogens (primary N) is 1. The molecule has 0 radical (unpaired) electrons. The number of halogens is 1. The molecule has 6 nitrogen and oxygen atoms in total. The van der Waals surface area contributed by atoms with Crippen molar-refractivity contribution in [3.8, 4) is 0 Å². The molecule has 0 amide bonds. The van der Waals surface area contributed by atoms with Gasteiger partial charge in [0.15, 0.2) is 0 Å². The second-order valence-corrected chi connectivity index (χ2v) is 4.45. The average Bonchev–Trinajstić information content (AvgIpc) is 2.62. The molecule has 0 bridgehead atoms. The van der Waals surface area contributed by atoms with E-state index in [0.717, 1.165) is 11.3 Å². The van der Waals surface area contributed by atoms with E-state index in [1.165, 1.54) is 6.33 Å². The van der Waals surface area contributed by atoms with Crippen LogP contribution < -0.4 is 11.1 Å². The van der Waals surface area contributed by atoms with Gasteiger partial charge in [-0.05, 0) is 22.9 Å². The Morgan fingerprint density at radius 1 is 1.47 bits per heavy atom. The van der Waals surface area contributed by atoms with Crippen LogP contribution in [0.5, 0.6) is 0 Å². The molecule has 0 spiro atoms. The van der Waals surface area contributed by atoms with Crippen molar-refractivity contribution >= 4 is 27.6 Å². The first kappa shape index (κ1) is 11.8. The maximum absolute atomic E-state index is 5.67. The number of hydrogen-bond acceptors (Lipinski definition) is 5. The summed E-state index contributed by atoms with van der Waals surface area (Å²) in [5.74, 6) is 1.10. The lowest BCUT2D eigenvalue weighted by Crippen LogP contribution is -2.05. The summed E-state index contributed by atoms with van der Waals surface area (Å²) in [5, 5.41) is 7.37. The number of nitrogen functional groups attached to an aromatic ring is 1. The van der Waals surface area contributed by atoms with Crippen LogP contribution in [0, 0.1) is 6.92 Å². The lowest BCUT2D eigenvalue weighted by atomic mass is 10.2. The molecule has 0 aromatic carbocycles. The summed E-state index contributed by atoms with van der Waals surface area (Å²) >= 11 is 3.34. The first-order valence-electron chi connectivity index (χ1n) is 5.07. The van der Waals surface area contributed by atoms with E-state index in [4.69, 9.17) is 5.73 Å². The Morgan fingerprint density at radius 2 is 2.24 bits per heavy atom. The van der Waals surface area contributed by atoms with Crippen LogP contribution in [-0.2, 0) is 13.6 Å². The van der Waals surface area contributed by atoms with E-state index in [1.807, 2.05) is 24.9 Å². The molecule has 17 heavy (non-hydrogen) atoms. The van der Waals surface area contributed by atoms with Gasteiger partial charge in [-0.3, -0.25) is 4.68 Å². The molecule has 0 saturated heterocycles. The van der Waals surface area contributed by atoms with Gasteiger partial charge in [-0.1, -0.05) is 0 Å². The van der Waals surface area contributed by atoms with Gasteiger partial charge in [0.05, 0.1) is 6.20 Å².